The maximum absolute atomic E-state index is 12.9. The van der Waals surface area contributed by atoms with Gasteiger partial charge in [-0.3, -0.25) is 4.79 Å². The van der Waals surface area contributed by atoms with Gasteiger partial charge in [-0.2, -0.15) is 0 Å². The first kappa shape index (κ1) is 18.9. The molecule has 1 amide bonds. The highest BCUT2D eigenvalue weighted by atomic mass is 32.2. The predicted molar refractivity (Wildman–Crippen MR) is 106 cm³/mol. The second kappa shape index (κ2) is 7.21. The quantitative estimate of drug-likeness (QED) is 0.854. The van der Waals surface area contributed by atoms with E-state index in [0.717, 1.165) is 56.2 Å². The minimum Gasteiger partial charge on any atom is -0.309 e. The summed E-state index contributed by atoms with van der Waals surface area (Å²) in [6, 6.07) is 5.38. The normalized spacial score (nSPS) is 28.7. The summed E-state index contributed by atoms with van der Waals surface area (Å²) in [7, 11) is -3.53. The van der Waals surface area contributed by atoms with Crippen molar-refractivity contribution in [1.82, 2.24) is 4.72 Å². The van der Waals surface area contributed by atoms with Crippen LogP contribution in [0.3, 0.4) is 0 Å². The molecule has 3 atom stereocenters. The number of rotatable bonds is 4. The molecule has 27 heavy (non-hydrogen) atoms. The molecule has 1 N–H and O–H groups in total. The Bertz CT molecular complexity index is 832. The van der Waals surface area contributed by atoms with Gasteiger partial charge < -0.3 is 4.90 Å². The fourth-order valence-electron chi connectivity index (χ4n) is 4.72. The van der Waals surface area contributed by atoms with E-state index < -0.39 is 10.0 Å². The molecule has 2 aliphatic carbocycles. The minimum absolute atomic E-state index is 0.0209. The average Bonchev–Trinajstić information content (AvgIpc) is 2.90. The van der Waals surface area contributed by atoms with E-state index in [1.54, 1.807) is 12.1 Å². The third-order valence-corrected chi connectivity index (χ3v) is 8.17. The molecular formula is C21H30N2O3S. The minimum atomic E-state index is -3.53. The lowest BCUT2D eigenvalue weighted by Crippen LogP contribution is -2.42. The SMILES string of the molecule is C[C@@H]1CCCC[C@H]1NS(=O)(=O)c1ccc2c(c1)C[C@@H](C)N2C(=O)C1CCC1. The third-order valence-electron chi connectivity index (χ3n) is 6.69. The summed E-state index contributed by atoms with van der Waals surface area (Å²) in [6.45, 7) is 4.17. The Morgan fingerprint density at radius 2 is 1.81 bits per heavy atom. The number of fused-ring (bicyclic) bond motifs is 1. The number of nitrogens with zero attached hydrogens (tertiary/aromatic N) is 1. The number of nitrogens with one attached hydrogen (secondary N) is 1. The Labute approximate surface area is 162 Å². The van der Waals surface area contributed by atoms with E-state index in [2.05, 4.69) is 11.6 Å². The molecule has 0 saturated heterocycles. The van der Waals surface area contributed by atoms with Crippen molar-refractivity contribution in [3.8, 4) is 0 Å². The number of carbonyl (C=O) groups is 1. The van der Waals surface area contributed by atoms with Crippen LogP contribution in [-0.4, -0.2) is 26.4 Å². The van der Waals surface area contributed by atoms with Gasteiger partial charge in [0.2, 0.25) is 15.9 Å². The number of benzene rings is 1. The first-order chi connectivity index (χ1) is 12.9. The molecule has 0 spiro atoms. The average molecular weight is 391 g/mol. The summed E-state index contributed by atoms with van der Waals surface area (Å²) in [5.41, 5.74) is 1.86. The van der Waals surface area contributed by atoms with Gasteiger partial charge in [-0.15, -0.1) is 0 Å². The number of anilines is 1. The number of hydrogen-bond acceptors (Lipinski definition) is 3. The number of hydrogen-bond donors (Lipinski definition) is 1. The van der Waals surface area contributed by atoms with Crippen molar-refractivity contribution in [2.45, 2.75) is 82.2 Å². The van der Waals surface area contributed by atoms with E-state index in [4.69, 9.17) is 0 Å². The van der Waals surface area contributed by atoms with Gasteiger partial charge in [-0.25, -0.2) is 13.1 Å². The van der Waals surface area contributed by atoms with E-state index in [9.17, 15) is 13.2 Å². The molecule has 0 aromatic heterocycles. The molecular weight excluding hydrogens is 360 g/mol. The second-order valence-electron chi connectivity index (χ2n) is 8.67. The maximum Gasteiger partial charge on any atom is 0.240 e. The predicted octanol–water partition coefficient (Wildman–Crippen LogP) is 3.62. The van der Waals surface area contributed by atoms with Crippen molar-refractivity contribution in [2.24, 2.45) is 11.8 Å². The van der Waals surface area contributed by atoms with E-state index in [1.807, 2.05) is 17.9 Å². The van der Waals surface area contributed by atoms with Crippen LogP contribution in [0.25, 0.3) is 0 Å². The molecule has 148 valence electrons. The third kappa shape index (κ3) is 3.54. The summed E-state index contributed by atoms with van der Waals surface area (Å²) >= 11 is 0. The van der Waals surface area contributed by atoms with Crippen LogP contribution in [0, 0.1) is 11.8 Å². The van der Waals surface area contributed by atoms with Crippen molar-refractivity contribution in [3.05, 3.63) is 23.8 Å². The topological polar surface area (TPSA) is 66.5 Å². The Balaban J connectivity index is 1.56. The van der Waals surface area contributed by atoms with Gasteiger partial charge in [0.15, 0.2) is 0 Å². The summed E-state index contributed by atoms with van der Waals surface area (Å²) in [5.74, 6) is 0.729. The Kier molecular flexibility index (Phi) is 5.06. The zero-order chi connectivity index (χ0) is 19.2. The highest BCUT2D eigenvalue weighted by molar-refractivity contribution is 7.89. The van der Waals surface area contributed by atoms with Crippen molar-refractivity contribution >= 4 is 21.6 Å². The molecule has 4 rings (SSSR count). The van der Waals surface area contributed by atoms with Crippen LogP contribution in [0.5, 0.6) is 0 Å². The Hall–Kier alpha value is -1.40. The van der Waals surface area contributed by atoms with Crippen LogP contribution in [0.2, 0.25) is 0 Å². The van der Waals surface area contributed by atoms with Crippen LogP contribution in [0.15, 0.2) is 23.1 Å². The molecule has 6 heteroatoms. The molecule has 2 saturated carbocycles. The Morgan fingerprint density at radius 3 is 2.48 bits per heavy atom. The summed E-state index contributed by atoms with van der Waals surface area (Å²) < 4.78 is 28.8. The van der Waals surface area contributed by atoms with E-state index >= 15 is 0 Å². The van der Waals surface area contributed by atoms with Crippen LogP contribution in [-0.2, 0) is 21.2 Å². The highest BCUT2D eigenvalue weighted by Gasteiger charge is 2.37. The van der Waals surface area contributed by atoms with Gasteiger partial charge in [0.05, 0.1) is 4.90 Å². The molecule has 2 fully saturated rings. The standard InChI is InChI=1S/C21H30N2O3S/c1-14-6-3-4-9-19(14)22-27(25,26)18-10-11-20-17(13-18)12-15(2)23(20)21(24)16-7-5-8-16/h10-11,13-16,19,22H,3-9,12H2,1-2H3/t14-,15-,19-/m1/s1. The summed E-state index contributed by atoms with van der Waals surface area (Å²) in [5, 5.41) is 0. The van der Waals surface area contributed by atoms with E-state index in [1.165, 1.54) is 6.42 Å². The lowest BCUT2D eigenvalue weighted by molar-refractivity contribution is -0.125. The number of sulfonamides is 1. The first-order valence-electron chi connectivity index (χ1n) is 10.3. The highest BCUT2D eigenvalue weighted by Crippen LogP contribution is 2.38. The zero-order valence-electron chi connectivity index (χ0n) is 16.3. The molecule has 1 aromatic rings. The Morgan fingerprint density at radius 1 is 1.07 bits per heavy atom. The molecule has 1 heterocycles. The summed E-state index contributed by atoms with van der Waals surface area (Å²) in [6.07, 6.45) is 8.06. The molecule has 3 aliphatic rings. The van der Waals surface area contributed by atoms with Crippen molar-refractivity contribution in [2.75, 3.05) is 4.90 Å². The van der Waals surface area contributed by atoms with Crippen LogP contribution >= 0.6 is 0 Å². The van der Waals surface area contributed by atoms with Crippen molar-refractivity contribution in [1.29, 1.82) is 0 Å². The van der Waals surface area contributed by atoms with E-state index in [-0.39, 0.29) is 23.9 Å². The van der Waals surface area contributed by atoms with Crippen molar-refractivity contribution < 1.29 is 13.2 Å². The smallest absolute Gasteiger partial charge is 0.240 e. The van der Waals surface area contributed by atoms with Crippen LogP contribution in [0.4, 0.5) is 5.69 Å². The van der Waals surface area contributed by atoms with Crippen LogP contribution in [0.1, 0.15) is 64.4 Å². The molecule has 0 unspecified atom stereocenters. The lowest BCUT2D eigenvalue weighted by Gasteiger charge is -2.32. The number of amides is 1. The second-order valence-corrected chi connectivity index (χ2v) is 10.4. The van der Waals surface area contributed by atoms with Gasteiger partial charge in [-0.05, 0) is 68.7 Å². The van der Waals surface area contributed by atoms with Gasteiger partial charge >= 0.3 is 0 Å². The zero-order valence-corrected chi connectivity index (χ0v) is 17.1. The first-order valence-corrected chi connectivity index (χ1v) is 11.8. The monoisotopic (exact) mass is 390 g/mol. The van der Waals surface area contributed by atoms with Gasteiger partial charge in [0, 0.05) is 23.7 Å². The van der Waals surface area contributed by atoms with Gasteiger partial charge in [0.25, 0.3) is 0 Å². The van der Waals surface area contributed by atoms with Gasteiger partial charge in [0.1, 0.15) is 0 Å². The lowest BCUT2D eigenvalue weighted by atomic mass is 9.84. The van der Waals surface area contributed by atoms with Crippen molar-refractivity contribution in [3.63, 3.8) is 0 Å². The van der Waals surface area contributed by atoms with E-state index in [0.29, 0.717) is 10.8 Å². The molecule has 1 aliphatic heterocycles. The molecule has 0 bridgehead atoms. The molecule has 5 nitrogen and oxygen atoms in total. The number of carbonyl (C=O) groups excluding carboxylic acids is 1. The molecule has 0 radical (unpaired) electrons. The summed E-state index contributed by atoms with van der Waals surface area (Å²) in [4.78, 5) is 15.0. The largest absolute Gasteiger partial charge is 0.309 e. The van der Waals surface area contributed by atoms with Crippen LogP contribution < -0.4 is 9.62 Å². The van der Waals surface area contributed by atoms with Gasteiger partial charge in [-0.1, -0.05) is 26.2 Å². The fraction of sp³-hybridized carbons (Fsp3) is 0.667. The molecule has 1 aromatic carbocycles. The maximum atomic E-state index is 12.9. The fourth-order valence-corrected chi connectivity index (χ4v) is 6.15.